The molecule has 9 heteroatoms. The molecule has 0 aliphatic carbocycles. The van der Waals surface area contributed by atoms with Crippen LogP contribution in [0.1, 0.15) is 18.4 Å². The Balaban J connectivity index is 1.69. The summed E-state index contributed by atoms with van der Waals surface area (Å²) < 4.78 is 7.78. The van der Waals surface area contributed by atoms with Crippen LogP contribution in [0.5, 0.6) is 5.75 Å². The number of nitrogens with zero attached hydrogens (tertiary/aromatic N) is 2. The number of aromatic amines is 1. The van der Waals surface area contributed by atoms with Gasteiger partial charge in [0.1, 0.15) is 11.6 Å². The zero-order chi connectivity index (χ0) is 22.4. The minimum atomic E-state index is -0.701. The molecule has 0 fully saturated rings. The Kier molecular flexibility index (Phi) is 7.30. The molecule has 1 aromatic heterocycles. The molecule has 3 N–H and O–H groups in total. The summed E-state index contributed by atoms with van der Waals surface area (Å²) in [4.78, 5) is 40.7. The number of anilines is 2. The number of hydrogen-bond donors (Lipinski definition) is 2. The van der Waals surface area contributed by atoms with E-state index in [1.54, 1.807) is 0 Å². The number of aromatic nitrogens is 2. The molecule has 1 amide bonds. The third-order valence-corrected chi connectivity index (χ3v) is 5.20. The molecule has 0 radical (unpaired) electrons. The predicted molar refractivity (Wildman–Crippen MR) is 124 cm³/mol. The molecule has 31 heavy (non-hydrogen) atoms. The number of hydrogen-bond acceptors (Lipinski definition) is 5. The Morgan fingerprint density at radius 1 is 1.16 bits per heavy atom. The van der Waals surface area contributed by atoms with E-state index in [9.17, 15) is 14.4 Å². The highest BCUT2D eigenvalue weighted by molar-refractivity contribution is 9.10. The van der Waals surface area contributed by atoms with Crippen molar-refractivity contribution in [2.75, 3.05) is 24.3 Å². The second-order valence-corrected chi connectivity index (χ2v) is 7.84. The van der Waals surface area contributed by atoms with Crippen LogP contribution in [0.3, 0.4) is 0 Å². The first kappa shape index (κ1) is 22.4. The Morgan fingerprint density at radius 3 is 2.61 bits per heavy atom. The lowest BCUT2D eigenvalue weighted by Gasteiger charge is -2.20. The zero-order valence-electron chi connectivity index (χ0n) is 17.0. The number of halogens is 1. The minimum absolute atomic E-state index is 0.0477. The lowest BCUT2D eigenvalue weighted by Crippen LogP contribution is -2.39. The number of H-pyrrole nitrogens is 1. The maximum atomic E-state index is 12.6. The fraction of sp³-hybridized carbons (Fsp3) is 0.227. The van der Waals surface area contributed by atoms with Crippen molar-refractivity contribution in [3.8, 4) is 5.75 Å². The predicted octanol–water partition coefficient (Wildman–Crippen LogP) is 2.75. The van der Waals surface area contributed by atoms with Crippen LogP contribution in [-0.4, -0.2) is 29.1 Å². The highest BCUT2D eigenvalue weighted by Gasteiger charge is 2.20. The van der Waals surface area contributed by atoms with Crippen LogP contribution in [0.2, 0.25) is 0 Å². The zero-order valence-corrected chi connectivity index (χ0v) is 18.6. The number of nitrogens with one attached hydrogen (secondary N) is 1. The number of carbonyl (C=O) groups is 1. The van der Waals surface area contributed by atoms with E-state index >= 15 is 0 Å². The van der Waals surface area contributed by atoms with E-state index in [2.05, 4.69) is 20.9 Å². The number of amides is 1. The van der Waals surface area contributed by atoms with Gasteiger partial charge in [0.15, 0.2) is 5.69 Å². The van der Waals surface area contributed by atoms with Gasteiger partial charge in [0.25, 0.3) is 5.56 Å². The van der Waals surface area contributed by atoms with E-state index in [1.165, 1.54) is 16.5 Å². The quantitative estimate of drug-likeness (QED) is 0.475. The third-order valence-electron chi connectivity index (χ3n) is 4.71. The van der Waals surface area contributed by atoms with Gasteiger partial charge in [-0.05, 0) is 30.2 Å². The van der Waals surface area contributed by atoms with Crippen LogP contribution in [-0.2, 0) is 11.3 Å². The van der Waals surface area contributed by atoms with Crippen molar-refractivity contribution in [3.05, 3.63) is 85.5 Å². The van der Waals surface area contributed by atoms with Crippen molar-refractivity contribution >= 4 is 33.3 Å². The number of nitrogen functional groups attached to an aromatic ring is 1. The Hall–Kier alpha value is -3.33. The summed E-state index contributed by atoms with van der Waals surface area (Å²) in [6, 6.07) is 16.7. The van der Waals surface area contributed by atoms with Gasteiger partial charge in [0.2, 0.25) is 5.91 Å². The van der Waals surface area contributed by atoms with Crippen LogP contribution in [0.4, 0.5) is 11.5 Å². The molecule has 162 valence electrons. The molecule has 0 bridgehead atoms. The average molecular weight is 487 g/mol. The van der Waals surface area contributed by atoms with Crippen molar-refractivity contribution in [1.82, 2.24) is 9.55 Å². The second kappa shape index (κ2) is 10.1. The summed E-state index contributed by atoms with van der Waals surface area (Å²) in [7, 11) is 1.47. The molecular weight excluding hydrogens is 464 g/mol. The number of carbonyl (C=O) groups excluding carboxylic acids is 1. The number of ether oxygens (including phenoxy) is 1. The SMILES string of the molecule is CN(C(=O)CCCOc1cccc(Br)c1)c1c(N)n(Cc2ccccc2)c(=O)[nH]c1=O. The molecule has 0 unspecified atom stereocenters. The minimum Gasteiger partial charge on any atom is -0.494 e. The van der Waals surface area contributed by atoms with Gasteiger partial charge in [-0.2, -0.15) is 0 Å². The number of nitrogens with two attached hydrogens (primary N) is 1. The first-order valence-corrected chi connectivity index (χ1v) is 10.5. The lowest BCUT2D eigenvalue weighted by molar-refractivity contribution is -0.118. The van der Waals surface area contributed by atoms with Crippen molar-refractivity contribution < 1.29 is 9.53 Å². The monoisotopic (exact) mass is 486 g/mol. The van der Waals surface area contributed by atoms with Gasteiger partial charge in [0, 0.05) is 17.9 Å². The van der Waals surface area contributed by atoms with E-state index in [-0.39, 0.29) is 30.4 Å². The first-order chi connectivity index (χ1) is 14.9. The summed E-state index contributed by atoms with van der Waals surface area (Å²) in [5.74, 6) is 0.336. The van der Waals surface area contributed by atoms with Gasteiger partial charge in [-0.15, -0.1) is 0 Å². The molecule has 0 aliphatic heterocycles. The van der Waals surface area contributed by atoms with Crippen molar-refractivity contribution in [2.24, 2.45) is 0 Å². The van der Waals surface area contributed by atoms with E-state index in [0.29, 0.717) is 18.8 Å². The highest BCUT2D eigenvalue weighted by atomic mass is 79.9. The fourth-order valence-corrected chi connectivity index (χ4v) is 3.47. The number of benzene rings is 2. The molecule has 0 saturated carbocycles. The summed E-state index contributed by atoms with van der Waals surface area (Å²) in [5, 5.41) is 0. The van der Waals surface area contributed by atoms with Gasteiger partial charge in [0.05, 0.1) is 13.2 Å². The molecule has 8 nitrogen and oxygen atoms in total. The molecule has 0 spiro atoms. The Labute approximate surface area is 187 Å². The van der Waals surface area contributed by atoms with Crippen LogP contribution in [0.15, 0.2) is 68.7 Å². The first-order valence-electron chi connectivity index (χ1n) is 9.68. The maximum absolute atomic E-state index is 12.6. The van der Waals surface area contributed by atoms with E-state index in [1.807, 2.05) is 54.6 Å². The van der Waals surface area contributed by atoms with Crippen LogP contribution >= 0.6 is 15.9 Å². The molecule has 2 aromatic carbocycles. The molecular formula is C22H23BrN4O4. The van der Waals surface area contributed by atoms with Gasteiger partial charge < -0.3 is 15.4 Å². The summed E-state index contributed by atoms with van der Waals surface area (Å²) >= 11 is 3.37. The van der Waals surface area contributed by atoms with E-state index < -0.39 is 11.2 Å². The van der Waals surface area contributed by atoms with Gasteiger partial charge in [-0.3, -0.25) is 19.1 Å². The van der Waals surface area contributed by atoms with Crippen molar-refractivity contribution in [2.45, 2.75) is 19.4 Å². The van der Waals surface area contributed by atoms with Crippen LogP contribution < -0.4 is 26.6 Å². The molecule has 3 aromatic rings. The van der Waals surface area contributed by atoms with Crippen LogP contribution in [0.25, 0.3) is 0 Å². The summed E-state index contributed by atoms with van der Waals surface area (Å²) in [5.41, 5.74) is 5.60. The van der Waals surface area contributed by atoms with Gasteiger partial charge in [-0.1, -0.05) is 52.3 Å². The Morgan fingerprint density at radius 2 is 1.90 bits per heavy atom. The Bertz CT molecular complexity index is 1170. The highest BCUT2D eigenvalue weighted by Crippen LogP contribution is 2.19. The van der Waals surface area contributed by atoms with Crippen molar-refractivity contribution in [1.29, 1.82) is 0 Å². The third kappa shape index (κ3) is 5.64. The molecule has 0 saturated heterocycles. The number of rotatable bonds is 8. The molecule has 1 heterocycles. The van der Waals surface area contributed by atoms with E-state index in [4.69, 9.17) is 10.5 Å². The lowest BCUT2D eigenvalue weighted by atomic mass is 10.2. The largest absolute Gasteiger partial charge is 0.494 e. The van der Waals surface area contributed by atoms with Gasteiger partial charge >= 0.3 is 5.69 Å². The molecule has 0 atom stereocenters. The fourth-order valence-electron chi connectivity index (χ4n) is 3.09. The smallest absolute Gasteiger partial charge is 0.330 e. The molecule has 3 rings (SSSR count). The maximum Gasteiger partial charge on any atom is 0.330 e. The summed E-state index contributed by atoms with van der Waals surface area (Å²) in [6.07, 6.45) is 0.609. The van der Waals surface area contributed by atoms with Gasteiger partial charge in [-0.25, -0.2) is 4.79 Å². The topological polar surface area (TPSA) is 110 Å². The van der Waals surface area contributed by atoms with E-state index in [0.717, 1.165) is 10.0 Å². The molecule has 0 aliphatic rings. The van der Waals surface area contributed by atoms with Crippen LogP contribution in [0, 0.1) is 0 Å². The summed E-state index contributed by atoms with van der Waals surface area (Å²) in [6.45, 7) is 0.521. The standard InChI is InChI=1S/C22H23BrN4O4/c1-26(18(28)11-6-12-31-17-10-5-9-16(23)13-17)19-20(24)27(22(30)25-21(19)29)14-15-7-3-2-4-8-15/h2-5,7-10,13H,6,11-12,14,24H2,1H3,(H,25,29,30). The second-order valence-electron chi connectivity index (χ2n) is 6.93. The normalized spacial score (nSPS) is 10.6. The van der Waals surface area contributed by atoms with Crippen molar-refractivity contribution in [3.63, 3.8) is 0 Å². The average Bonchev–Trinajstić information content (AvgIpc) is 2.74.